The molecule has 0 aliphatic heterocycles. The Morgan fingerprint density at radius 2 is 2.05 bits per heavy atom. The summed E-state index contributed by atoms with van der Waals surface area (Å²) in [4.78, 5) is 23.3. The van der Waals surface area contributed by atoms with E-state index < -0.39 is 5.97 Å². The molecule has 2 rings (SSSR count). The van der Waals surface area contributed by atoms with Crippen LogP contribution in [-0.4, -0.2) is 22.9 Å². The highest BCUT2D eigenvalue weighted by Gasteiger charge is 2.13. The lowest BCUT2D eigenvalue weighted by molar-refractivity contribution is -0.135. The standard InChI is InChI=1S/C16H13N3O3/c1-19-14(20)9-12(8-13(10-17)16(21)22-2)15(18-19)11-6-4-3-5-7-11/h3-9H,1-2H3/b13-8+. The first kappa shape index (κ1) is 15.2. The van der Waals surface area contributed by atoms with Crippen molar-refractivity contribution in [1.29, 1.82) is 5.26 Å². The number of nitriles is 1. The molecular formula is C16H13N3O3. The summed E-state index contributed by atoms with van der Waals surface area (Å²) in [5.74, 6) is -0.762. The van der Waals surface area contributed by atoms with Gasteiger partial charge in [-0.25, -0.2) is 9.48 Å². The Balaban J connectivity index is 2.68. The van der Waals surface area contributed by atoms with Crippen molar-refractivity contribution in [2.24, 2.45) is 7.05 Å². The quantitative estimate of drug-likeness (QED) is 0.487. The lowest BCUT2D eigenvalue weighted by Gasteiger charge is -2.07. The molecule has 0 spiro atoms. The molecule has 0 amide bonds. The minimum Gasteiger partial charge on any atom is -0.465 e. The largest absolute Gasteiger partial charge is 0.465 e. The number of benzene rings is 1. The molecule has 1 aromatic heterocycles. The normalized spacial score (nSPS) is 10.9. The van der Waals surface area contributed by atoms with Crippen LogP contribution in [0.2, 0.25) is 0 Å². The minimum atomic E-state index is -0.762. The van der Waals surface area contributed by atoms with E-state index in [1.807, 2.05) is 30.3 Å². The third kappa shape index (κ3) is 3.10. The predicted octanol–water partition coefficient (Wildman–Crippen LogP) is 1.53. The van der Waals surface area contributed by atoms with Crippen LogP contribution in [0.15, 0.2) is 46.8 Å². The fourth-order valence-corrected chi connectivity index (χ4v) is 1.88. The van der Waals surface area contributed by atoms with Gasteiger partial charge in [0.25, 0.3) is 5.56 Å². The molecule has 0 bridgehead atoms. The van der Waals surface area contributed by atoms with E-state index in [1.165, 1.54) is 31.0 Å². The average molecular weight is 295 g/mol. The van der Waals surface area contributed by atoms with Crippen molar-refractivity contribution in [2.45, 2.75) is 0 Å². The average Bonchev–Trinajstić information content (AvgIpc) is 2.55. The number of esters is 1. The van der Waals surface area contributed by atoms with Crippen LogP contribution in [0.4, 0.5) is 0 Å². The number of ether oxygens (including phenoxy) is 1. The Bertz CT molecular complexity index is 830. The summed E-state index contributed by atoms with van der Waals surface area (Å²) in [6.45, 7) is 0. The topological polar surface area (TPSA) is 85.0 Å². The fourth-order valence-electron chi connectivity index (χ4n) is 1.88. The van der Waals surface area contributed by atoms with Crippen LogP contribution >= 0.6 is 0 Å². The first-order valence-corrected chi connectivity index (χ1v) is 6.40. The monoisotopic (exact) mass is 295 g/mol. The maximum atomic E-state index is 11.8. The SMILES string of the molecule is COC(=O)/C(C#N)=C/c1cc(=O)n(C)nc1-c1ccccc1. The molecule has 0 radical (unpaired) electrons. The molecular weight excluding hydrogens is 282 g/mol. The highest BCUT2D eigenvalue weighted by atomic mass is 16.5. The van der Waals surface area contributed by atoms with Crippen molar-refractivity contribution >= 4 is 12.0 Å². The second-order valence-corrected chi connectivity index (χ2v) is 4.44. The third-order valence-corrected chi connectivity index (χ3v) is 2.99. The van der Waals surface area contributed by atoms with E-state index in [0.29, 0.717) is 11.3 Å². The van der Waals surface area contributed by atoms with Gasteiger partial charge < -0.3 is 4.74 Å². The van der Waals surface area contributed by atoms with Gasteiger partial charge in [0, 0.05) is 24.2 Å². The minimum absolute atomic E-state index is 0.199. The highest BCUT2D eigenvalue weighted by Crippen LogP contribution is 2.21. The van der Waals surface area contributed by atoms with Crippen molar-refractivity contribution in [3.63, 3.8) is 0 Å². The number of aryl methyl sites for hydroxylation is 1. The molecule has 110 valence electrons. The maximum absolute atomic E-state index is 11.8. The lowest BCUT2D eigenvalue weighted by atomic mass is 10.0. The summed E-state index contributed by atoms with van der Waals surface area (Å²) in [5.41, 5.74) is 1.12. The summed E-state index contributed by atoms with van der Waals surface area (Å²) in [6, 6.07) is 12.3. The molecule has 1 heterocycles. The third-order valence-electron chi connectivity index (χ3n) is 2.99. The zero-order chi connectivity index (χ0) is 16.1. The number of methoxy groups -OCH3 is 1. The van der Waals surface area contributed by atoms with Gasteiger partial charge in [-0.15, -0.1) is 0 Å². The van der Waals surface area contributed by atoms with E-state index in [0.717, 1.165) is 5.56 Å². The summed E-state index contributed by atoms with van der Waals surface area (Å²) >= 11 is 0. The smallest absolute Gasteiger partial charge is 0.348 e. The second kappa shape index (κ2) is 6.50. The van der Waals surface area contributed by atoms with Crippen LogP contribution in [-0.2, 0) is 16.6 Å². The van der Waals surface area contributed by atoms with E-state index in [9.17, 15) is 9.59 Å². The van der Waals surface area contributed by atoms with Crippen LogP contribution in [0.1, 0.15) is 5.56 Å². The number of carbonyl (C=O) groups is 1. The number of hydrogen-bond acceptors (Lipinski definition) is 5. The van der Waals surface area contributed by atoms with Gasteiger partial charge in [0.2, 0.25) is 0 Å². The van der Waals surface area contributed by atoms with Gasteiger partial charge in [0.15, 0.2) is 0 Å². The van der Waals surface area contributed by atoms with Crippen LogP contribution < -0.4 is 5.56 Å². The van der Waals surface area contributed by atoms with Crippen molar-refractivity contribution in [3.8, 4) is 17.3 Å². The number of hydrogen-bond donors (Lipinski definition) is 0. The van der Waals surface area contributed by atoms with Gasteiger partial charge in [-0.1, -0.05) is 30.3 Å². The summed E-state index contributed by atoms with van der Waals surface area (Å²) in [6.07, 6.45) is 1.31. The molecule has 2 aromatic rings. The predicted molar refractivity (Wildman–Crippen MR) is 80.5 cm³/mol. The van der Waals surface area contributed by atoms with Crippen molar-refractivity contribution in [3.05, 3.63) is 57.9 Å². The van der Waals surface area contributed by atoms with Gasteiger partial charge in [0.1, 0.15) is 11.6 Å². The van der Waals surface area contributed by atoms with E-state index in [-0.39, 0.29) is 11.1 Å². The number of nitrogens with zero attached hydrogens (tertiary/aromatic N) is 3. The summed E-state index contributed by atoms with van der Waals surface area (Å²) in [7, 11) is 2.72. The van der Waals surface area contributed by atoms with E-state index >= 15 is 0 Å². The molecule has 0 aliphatic carbocycles. The maximum Gasteiger partial charge on any atom is 0.348 e. The van der Waals surface area contributed by atoms with Gasteiger partial charge >= 0.3 is 5.97 Å². The van der Waals surface area contributed by atoms with Crippen LogP contribution in [0.25, 0.3) is 17.3 Å². The number of aromatic nitrogens is 2. The molecule has 22 heavy (non-hydrogen) atoms. The van der Waals surface area contributed by atoms with Crippen LogP contribution in [0.3, 0.4) is 0 Å². The van der Waals surface area contributed by atoms with Crippen molar-refractivity contribution in [2.75, 3.05) is 7.11 Å². The molecule has 0 N–H and O–H groups in total. The van der Waals surface area contributed by atoms with Gasteiger partial charge in [-0.2, -0.15) is 10.4 Å². The molecule has 6 nitrogen and oxygen atoms in total. The Morgan fingerprint density at radius 1 is 1.36 bits per heavy atom. The second-order valence-electron chi connectivity index (χ2n) is 4.44. The lowest BCUT2D eigenvalue weighted by Crippen LogP contribution is -2.20. The van der Waals surface area contributed by atoms with E-state index in [1.54, 1.807) is 6.07 Å². The Labute approximate surface area is 126 Å². The zero-order valence-electron chi connectivity index (χ0n) is 12.1. The summed E-state index contributed by atoms with van der Waals surface area (Å²) in [5, 5.41) is 13.3. The number of rotatable bonds is 3. The first-order valence-electron chi connectivity index (χ1n) is 6.40. The summed E-state index contributed by atoms with van der Waals surface area (Å²) < 4.78 is 5.74. The van der Waals surface area contributed by atoms with E-state index in [2.05, 4.69) is 9.84 Å². The van der Waals surface area contributed by atoms with Crippen molar-refractivity contribution < 1.29 is 9.53 Å². The Kier molecular flexibility index (Phi) is 4.49. The molecule has 0 saturated heterocycles. The molecule has 0 fully saturated rings. The zero-order valence-corrected chi connectivity index (χ0v) is 12.1. The molecule has 0 unspecified atom stereocenters. The van der Waals surface area contributed by atoms with Gasteiger partial charge in [-0.05, 0) is 6.08 Å². The molecule has 0 aliphatic rings. The van der Waals surface area contributed by atoms with E-state index in [4.69, 9.17) is 5.26 Å². The molecule has 0 saturated carbocycles. The number of carbonyl (C=O) groups excluding carboxylic acids is 1. The van der Waals surface area contributed by atoms with Crippen LogP contribution in [0, 0.1) is 11.3 Å². The molecule has 1 aromatic carbocycles. The fraction of sp³-hybridized carbons (Fsp3) is 0.125. The van der Waals surface area contributed by atoms with Crippen LogP contribution in [0.5, 0.6) is 0 Å². The highest BCUT2D eigenvalue weighted by molar-refractivity contribution is 5.98. The molecule has 0 atom stereocenters. The van der Waals surface area contributed by atoms with Gasteiger partial charge in [0.05, 0.1) is 12.8 Å². The Morgan fingerprint density at radius 3 is 2.64 bits per heavy atom. The Hall–Kier alpha value is -3.20. The van der Waals surface area contributed by atoms with Gasteiger partial charge in [-0.3, -0.25) is 4.79 Å². The van der Waals surface area contributed by atoms with Crippen molar-refractivity contribution in [1.82, 2.24) is 9.78 Å². The molecule has 6 heteroatoms. The first-order chi connectivity index (χ1) is 10.6.